The first-order chi connectivity index (χ1) is 21.7. The number of ether oxygens (including phenoxy) is 2. The molecular weight excluding hydrogens is 619 g/mol. The van der Waals surface area contributed by atoms with Crippen LogP contribution < -0.4 is 9.88 Å². The van der Waals surface area contributed by atoms with Gasteiger partial charge in [0.15, 0.2) is 5.69 Å². The van der Waals surface area contributed by atoms with E-state index in [9.17, 15) is 13.4 Å². The molecule has 1 saturated carbocycles. The molecule has 5 aromatic rings. The highest BCUT2D eigenvalue weighted by atomic mass is 32.2. The van der Waals surface area contributed by atoms with Crippen LogP contribution in [0, 0.1) is 17.6 Å². The van der Waals surface area contributed by atoms with Crippen LogP contribution in [0.15, 0.2) is 70.9 Å². The molecule has 2 N–H and O–H groups in total. The van der Waals surface area contributed by atoms with E-state index in [0.717, 1.165) is 24.1 Å². The number of nitrogens with two attached hydrogens (primary N) is 1. The van der Waals surface area contributed by atoms with Crippen LogP contribution in [0.2, 0.25) is 0 Å². The molecule has 0 aliphatic heterocycles. The van der Waals surface area contributed by atoms with E-state index >= 15 is 4.39 Å². The molecule has 1 aliphatic carbocycles. The van der Waals surface area contributed by atoms with E-state index < -0.39 is 28.6 Å². The molecule has 0 spiro atoms. The molecule has 8 nitrogen and oxygen atoms in total. The molecule has 2 heterocycles. The molecule has 0 radical (unpaired) electrons. The highest BCUT2D eigenvalue weighted by molar-refractivity contribution is 7.82. The number of halogens is 2. The van der Waals surface area contributed by atoms with Gasteiger partial charge in [-0.1, -0.05) is 18.2 Å². The fourth-order valence-electron chi connectivity index (χ4n) is 5.24. The minimum absolute atomic E-state index is 0.0800. The predicted octanol–water partition coefficient (Wildman–Crippen LogP) is 6.65. The van der Waals surface area contributed by atoms with Crippen molar-refractivity contribution in [3.63, 3.8) is 0 Å². The maximum atomic E-state index is 15.4. The van der Waals surface area contributed by atoms with Crippen LogP contribution in [-0.4, -0.2) is 38.7 Å². The molecule has 45 heavy (non-hydrogen) atoms. The van der Waals surface area contributed by atoms with Crippen LogP contribution in [0.5, 0.6) is 5.75 Å². The molecule has 1 atom stereocenters. The van der Waals surface area contributed by atoms with Gasteiger partial charge in [0.2, 0.25) is 5.13 Å². The predicted molar refractivity (Wildman–Crippen MR) is 169 cm³/mol. The first-order valence-corrected chi connectivity index (χ1v) is 16.5. The van der Waals surface area contributed by atoms with Gasteiger partial charge in [-0.3, -0.25) is 0 Å². The van der Waals surface area contributed by atoms with Gasteiger partial charge in [0.05, 0.1) is 30.0 Å². The number of nitrogens with zero attached hydrogens (tertiary/aromatic N) is 3. The van der Waals surface area contributed by atoms with E-state index in [0.29, 0.717) is 51.2 Å². The second kappa shape index (κ2) is 13.0. The molecule has 6 rings (SSSR count). The van der Waals surface area contributed by atoms with Gasteiger partial charge in [0.25, 0.3) is 0 Å². The number of methoxy groups -OCH3 is 1. The number of benzene rings is 3. The van der Waals surface area contributed by atoms with E-state index in [2.05, 4.69) is 4.98 Å². The van der Waals surface area contributed by atoms with Gasteiger partial charge in [-0.25, -0.2) is 32.6 Å². The third kappa shape index (κ3) is 6.58. The lowest BCUT2D eigenvalue weighted by molar-refractivity contribution is 0.0520. The van der Waals surface area contributed by atoms with Gasteiger partial charge in [0.1, 0.15) is 28.4 Å². The maximum Gasteiger partial charge on any atom is 0.357 e. The number of esters is 1. The zero-order chi connectivity index (χ0) is 31.7. The molecule has 0 amide bonds. The van der Waals surface area contributed by atoms with Gasteiger partial charge < -0.3 is 9.47 Å². The smallest absolute Gasteiger partial charge is 0.357 e. The summed E-state index contributed by atoms with van der Waals surface area (Å²) in [6.07, 6.45) is 3.14. The van der Waals surface area contributed by atoms with Crippen molar-refractivity contribution in [1.29, 1.82) is 0 Å². The first kappa shape index (κ1) is 30.8. The Morgan fingerprint density at radius 1 is 1.09 bits per heavy atom. The Morgan fingerprint density at radius 3 is 2.62 bits per heavy atom. The second-order valence-corrected chi connectivity index (χ2v) is 12.6. The van der Waals surface area contributed by atoms with E-state index in [1.165, 1.54) is 29.5 Å². The summed E-state index contributed by atoms with van der Waals surface area (Å²) in [6, 6.07) is 16.4. The van der Waals surface area contributed by atoms with Crippen molar-refractivity contribution < 1.29 is 27.3 Å². The van der Waals surface area contributed by atoms with Crippen LogP contribution in [0.3, 0.4) is 0 Å². The molecular formula is C33H30F2N4O4S2. The molecule has 2 aromatic heterocycles. The summed E-state index contributed by atoms with van der Waals surface area (Å²) >= 11 is 1.23. The van der Waals surface area contributed by atoms with E-state index in [-0.39, 0.29) is 23.6 Å². The molecule has 1 aliphatic rings. The van der Waals surface area contributed by atoms with Crippen molar-refractivity contribution in [3.05, 3.63) is 100 Å². The van der Waals surface area contributed by atoms with Crippen LogP contribution >= 0.6 is 11.3 Å². The third-order valence-electron chi connectivity index (χ3n) is 7.62. The number of aromatic nitrogens is 3. The largest absolute Gasteiger partial charge is 0.497 e. The van der Waals surface area contributed by atoms with E-state index in [1.807, 2.05) is 0 Å². The van der Waals surface area contributed by atoms with Crippen molar-refractivity contribution in [2.75, 3.05) is 13.7 Å². The topological polar surface area (TPSA) is 109 Å². The maximum absolute atomic E-state index is 15.4. The number of carbonyl (C=O) groups excluding carboxylic acids is 1. The highest BCUT2D eigenvalue weighted by Crippen LogP contribution is 2.39. The van der Waals surface area contributed by atoms with Crippen LogP contribution in [-0.2, 0) is 28.6 Å². The molecule has 1 fully saturated rings. The zero-order valence-corrected chi connectivity index (χ0v) is 26.2. The van der Waals surface area contributed by atoms with Crippen molar-refractivity contribution in [1.82, 2.24) is 14.8 Å². The first-order valence-electron chi connectivity index (χ1n) is 14.4. The molecule has 1 unspecified atom stereocenters. The second-order valence-electron chi connectivity index (χ2n) is 10.7. The van der Waals surface area contributed by atoms with Crippen LogP contribution in [0.25, 0.3) is 27.5 Å². The van der Waals surface area contributed by atoms with Crippen LogP contribution in [0.1, 0.15) is 47.1 Å². The minimum atomic E-state index is -1.96. The van der Waals surface area contributed by atoms with Crippen LogP contribution in [0.4, 0.5) is 8.78 Å². The summed E-state index contributed by atoms with van der Waals surface area (Å²) in [7, 11) is -0.411. The Bertz CT molecular complexity index is 1920. The Hall–Kier alpha value is -4.26. The monoisotopic (exact) mass is 648 g/mol. The number of hydrogen-bond donors (Lipinski definition) is 1. The summed E-state index contributed by atoms with van der Waals surface area (Å²) in [5.41, 5.74) is 4.71. The quantitative estimate of drug-likeness (QED) is 0.161. The van der Waals surface area contributed by atoms with Gasteiger partial charge in [-0.2, -0.15) is 5.10 Å². The molecule has 0 bridgehead atoms. The third-order valence-corrected chi connectivity index (χ3v) is 9.20. The van der Waals surface area contributed by atoms with Crippen molar-refractivity contribution in [2.45, 2.75) is 37.5 Å². The Balaban J connectivity index is 1.55. The van der Waals surface area contributed by atoms with Crippen molar-refractivity contribution in [3.8, 4) is 33.3 Å². The minimum Gasteiger partial charge on any atom is -0.497 e. The SMILES string of the molecule is CCOC(=O)c1csc(-n2nc(CC3CC3)c(Cc3ccc(S(N)=O)c(F)c3)c2-c2ccc(F)c(-c3cccc(OC)c3)c2)n1. The summed E-state index contributed by atoms with van der Waals surface area (Å²) < 4.78 is 54.3. The van der Waals surface area contributed by atoms with Gasteiger partial charge in [0, 0.05) is 28.5 Å². The van der Waals surface area contributed by atoms with E-state index in [1.54, 1.807) is 66.6 Å². The number of hydrogen-bond acceptors (Lipinski definition) is 7. The van der Waals surface area contributed by atoms with Crippen molar-refractivity contribution >= 4 is 28.3 Å². The lowest BCUT2D eigenvalue weighted by Crippen LogP contribution is -2.06. The standard InChI is InChI=1S/C33H30F2N4O4S2/c1-3-43-32(40)29-18-44-33(37-29)39-31(22-10-11-26(34)24(17-22)21-5-4-6-23(16-21)42-2)25(28(38-39)15-19-7-8-19)13-20-9-12-30(45(36)41)27(35)14-20/h4-6,9-12,14,16-19H,3,7-8,13,15,36H2,1-2H3. The average molecular weight is 649 g/mol. The number of carbonyl (C=O) groups is 1. The summed E-state index contributed by atoms with van der Waals surface area (Å²) in [4.78, 5) is 17.0. The molecule has 232 valence electrons. The van der Waals surface area contributed by atoms with Gasteiger partial charge in [-0.05, 0) is 85.7 Å². The summed E-state index contributed by atoms with van der Waals surface area (Å²) in [6.45, 7) is 1.94. The average Bonchev–Trinajstić information content (AvgIpc) is 3.59. The Labute approximate surface area is 265 Å². The molecule has 3 aromatic carbocycles. The Morgan fingerprint density at radius 2 is 1.91 bits per heavy atom. The highest BCUT2D eigenvalue weighted by Gasteiger charge is 2.29. The fourth-order valence-corrected chi connectivity index (χ4v) is 6.44. The van der Waals surface area contributed by atoms with E-state index in [4.69, 9.17) is 19.7 Å². The Kier molecular flexibility index (Phi) is 8.88. The summed E-state index contributed by atoms with van der Waals surface area (Å²) in [5, 5.41) is 12.5. The molecule has 12 heteroatoms. The lowest BCUT2D eigenvalue weighted by Gasteiger charge is -2.13. The van der Waals surface area contributed by atoms with Crippen molar-refractivity contribution in [2.24, 2.45) is 11.1 Å². The summed E-state index contributed by atoms with van der Waals surface area (Å²) in [5.74, 6) is -0.558. The fraction of sp³-hybridized carbons (Fsp3) is 0.242. The zero-order valence-electron chi connectivity index (χ0n) is 24.6. The molecule has 0 saturated heterocycles. The number of thiazole rings is 1. The normalized spacial score (nSPS) is 13.5. The lowest BCUT2D eigenvalue weighted by atomic mass is 9.94. The number of rotatable bonds is 11. The van der Waals surface area contributed by atoms with Gasteiger partial charge in [-0.15, -0.1) is 11.3 Å². The van der Waals surface area contributed by atoms with Gasteiger partial charge >= 0.3 is 5.97 Å².